The molecule has 0 spiro atoms. The summed E-state index contributed by atoms with van der Waals surface area (Å²) in [5, 5.41) is 5.85. The molecular formula is C13H17N3O3S2. The molecule has 1 saturated carbocycles. The van der Waals surface area contributed by atoms with E-state index in [0.717, 1.165) is 5.01 Å². The molecule has 2 aromatic rings. The van der Waals surface area contributed by atoms with Gasteiger partial charge in [-0.05, 0) is 19.8 Å². The van der Waals surface area contributed by atoms with E-state index in [2.05, 4.69) is 15.0 Å². The number of thiazole rings is 1. The summed E-state index contributed by atoms with van der Waals surface area (Å²) in [4.78, 5) is 4.26. The van der Waals surface area contributed by atoms with E-state index in [9.17, 15) is 8.42 Å². The molecule has 21 heavy (non-hydrogen) atoms. The molecule has 3 rings (SSSR count). The van der Waals surface area contributed by atoms with Gasteiger partial charge in [-0.3, -0.25) is 0 Å². The second-order valence-electron chi connectivity index (χ2n) is 5.04. The number of hydrogen-bond donors (Lipinski definition) is 2. The highest BCUT2D eigenvalue weighted by Crippen LogP contribution is 2.23. The van der Waals surface area contributed by atoms with Crippen LogP contribution in [0.15, 0.2) is 27.0 Å². The number of nitrogens with zero attached hydrogens (tertiary/aromatic N) is 1. The topological polar surface area (TPSA) is 84.2 Å². The Morgan fingerprint density at radius 3 is 2.90 bits per heavy atom. The van der Waals surface area contributed by atoms with Gasteiger partial charge in [0.05, 0.1) is 13.1 Å². The Hall–Kier alpha value is -1.22. The predicted molar refractivity (Wildman–Crippen MR) is 79.4 cm³/mol. The van der Waals surface area contributed by atoms with Crippen LogP contribution in [0.5, 0.6) is 0 Å². The van der Waals surface area contributed by atoms with E-state index in [4.69, 9.17) is 4.42 Å². The molecule has 6 nitrogen and oxygen atoms in total. The summed E-state index contributed by atoms with van der Waals surface area (Å²) in [6, 6.07) is 2.15. The third kappa shape index (κ3) is 3.70. The van der Waals surface area contributed by atoms with Crippen molar-refractivity contribution in [1.82, 2.24) is 15.0 Å². The molecule has 0 radical (unpaired) electrons. The maximum absolute atomic E-state index is 12.3. The Labute approximate surface area is 127 Å². The number of aromatic nitrogens is 1. The number of sulfonamides is 1. The standard InChI is InChI=1S/C13H17N3O3S2/c1-9-12(6-11(19-9)7-15-10-2-3-10)21(17,18)16-8-13-14-4-5-20-13/h4-6,10,15-16H,2-3,7-8H2,1H3. The molecule has 114 valence electrons. The fourth-order valence-corrected chi connectivity index (χ4v) is 3.82. The first kappa shape index (κ1) is 14.7. The molecule has 0 unspecified atom stereocenters. The van der Waals surface area contributed by atoms with Gasteiger partial charge in [0.1, 0.15) is 21.4 Å². The second kappa shape index (κ2) is 5.88. The first-order valence-electron chi connectivity index (χ1n) is 6.75. The van der Waals surface area contributed by atoms with E-state index in [1.807, 2.05) is 5.38 Å². The van der Waals surface area contributed by atoms with Crippen molar-refractivity contribution in [2.45, 2.75) is 43.8 Å². The lowest BCUT2D eigenvalue weighted by Gasteiger charge is -2.03. The zero-order valence-corrected chi connectivity index (χ0v) is 13.3. The van der Waals surface area contributed by atoms with Crippen LogP contribution in [0.3, 0.4) is 0 Å². The van der Waals surface area contributed by atoms with Crippen molar-refractivity contribution in [3.05, 3.63) is 34.2 Å². The van der Waals surface area contributed by atoms with Gasteiger partial charge >= 0.3 is 0 Å². The lowest BCUT2D eigenvalue weighted by Crippen LogP contribution is -2.23. The molecular weight excluding hydrogens is 310 g/mol. The van der Waals surface area contributed by atoms with E-state index in [1.54, 1.807) is 19.2 Å². The van der Waals surface area contributed by atoms with Crippen molar-refractivity contribution in [1.29, 1.82) is 0 Å². The summed E-state index contributed by atoms with van der Waals surface area (Å²) < 4.78 is 32.7. The summed E-state index contributed by atoms with van der Waals surface area (Å²) in [5.41, 5.74) is 0. The molecule has 1 fully saturated rings. The van der Waals surface area contributed by atoms with Gasteiger partial charge in [-0.15, -0.1) is 11.3 Å². The van der Waals surface area contributed by atoms with Crippen LogP contribution in [-0.4, -0.2) is 19.4 Å². The van der Waals surface area contributed by atoms with Gasteiger partial charge in [0.25, 0.3) is 0 Å². The number of hydrogen-bond acceptors (Lipinski definition) is 6. The molecule has 0 atom stereocenters. The average molecular weight is 327 g/mol. The molecule has 0 aromatic carbocycles. The van der Waals surface area contributed by atoms with Crippen molar-refractivity contribution in [3.8, 4) is 0 Å². The number of nitrogens with one attached hydrogen (secondary N) is 2. The minimum Gasteiger partial charge on any atom is -0.464 e. The van der Waals surface area contributed by atoms with Crippen LogP contribution in [0.2, 0.25) is 0 Å². The lowest BCUT2D eigenvalue weighted by atomic mass is 10.4. The minimum atomic E-state index is -3.57. The van der Waals surface area contributed by atoms with Crippen LogP contribution in [0.1, 0.15) is 29.4 Å². The zero-order chi connectivity index (χ0) is 14.9. The zero-order valence-electron chi connectivity index (χ0n) is 11.6. The number of aryl methyl sites for hydroxylation is 1. The van der Waals surface area contributed by atoms with Gasteiger partial charge in [0.15, 0.2) is 0 Å². The van der Waals surface area contributed by atoms with E-state index < -0.39 is 10.0 Å². The van der Waals surface area contributed by atoms with Gasteiger partial charge in [-0.25, -0.2) is 18.1 Å². The predicted octanol–water partition coefficient (Wildman–Crippen LogP) is 1.78. The maximum Gasteiger partial charge on any atom is 0.244 e. The van der Waals surface area contributed by atoms with Crippen LogP contribution in [0, 0.1) is 6.92 Å². The van der Waals surface area contributed by atoms with Crippen LogP contribution < -0.4 is 10.0 Å². The quantitative estimate of drug-likeness (QED) is 0.810. The van der Waals surface area contributed by atoms with Crippen molar-refractivity contribution >= 4 is 21.4 Å². The molecule has 0 aliphatic heterocycles. The maximum atomic E-state index is 12.3. The fourth-order valence-electron chi connectivity index (χ4n) is 1.99. The van der Waals surface area contributed by atoms with Crippen LogP contribution in [-0.2, 0) is 23.1 Å². The first-order chi connectivity index (χ1) is 10.0. The number of rotatable bonds is 7. The third-order valence-electron chi connectivity index (χ3n) is 3.25. The van der Waals surface area contributed by atoms with Crippen LogP contribution >= 0.6 is 11.3 Å². The lowest BCUT2D eigenvalue weighted by molar-refractivity contribution is 0.456. The monoisotopic (exact) mass is 327 g/mol. The van der Waals surface area contributed by atoms with E-state index in [-0.39, 0.29) is 11.4 Å². The minimum absolute atomic E-state index is 0.195. The summed E-state index contributed by atoms with van der Waals surface area (Å²) in [6.07, 6.45) is 4.01. The molecule has 2 heterocycles. The van der Waals surface area contributed by atoms with E-state index in [0.29, 0.717) is 24.1 Å². The molecule has 0 saturated heterocycles. The van der Waals surface area contributed by atoms with Gasteiger partial charge in [0.2, 0.25) is 10.0 Å². The van der Waals surface area contributed by atoms with E-state index >= 15 is 0 Å². The normalized spacial score (nSPS) is 15.5. The smallest absolute Gasteiger partial charge is 0.244 e. The summed E-state index contributed by atoms with van der Waals surface area (Å²) in [7, 11) is -3.57. The van der Waals surface area contributed by atoms with Crippen LogP contribution in [0.25, 0.3) is 0 Å². The van der Waals surface area contributed by atoms with Crippen molar-refractivity contribution in [3.63, 3.8) is 0 Å². The highest BCUT2D eigenvalue weighted by molar-refractivity contribution is 7.89. The largest absolute Gasteiger partial charge is 0.464 e. The molecule has 8 heteroatoms. The Morgan fingerprint density at radius 2 is 2.24 bits per heavy atom. The number of furan rings is 1. The van der Waals surface area contributed by atoms with Gasteiger partial charge in [0, 0.05) is 23.7 Å². The highest BCUT2D eigenvalue weighted by Gasteiger charge is 2.24. The molecule has 0 amide bonds. The second-order valence-corrected chi connectivity index (χ2v) is 7.75. The van der Waals surface area contributed by atoms with Gasteiger partial charge in [-0.2, -0.15) is 0 Å². The van der Waals surface area contributed by atoms with Crippen molar-refractivity contribution in [2.24, 2.45) is 0 Å². The Kier molecular flexibility index (Phi) is 4.12. The average Bonchev–Trinajstić information content (AvgIpc) is 2.97. The van der Waals surface area contributed by atoms with Gasteiger partial charge in [-0.1, -0.05) is 0 Å². The molecule has 1 aliphatic carbocycles. The molecule has 1 aliphatic rings. The summed E-state index contributed by atoms with van der Waals surface area (Å²) in [6.45, 7) is 2.42. The highest BCUT2D eigenvalue weighted by atomic mass is 32.2. The van der Waals surface area contributed by atoms with Gasteiger partial charge < -0.3 is 9.73 Å². The van der Waals surface area contributed by atoms with Crippen molar-refractivity contribution < 1.29 is 12.8 Å². The van der Waals surface area contributed by atoms with Crippen LogP contribution in [0.4, 0.5) is 0 Å². The Bertz CT molecular complexity index is 703. The first-order valence-corrected chi connectivity index (χ1v) is 9.11. The Balaban J connectivity index is 1.68. The fraction of sp³-hybridized carbons (Fsp3) is 0.462. The molecule has 0 bridgehead atoms. The van der Waals surface area contributed by atoms with Crippen molar-refractivity contribution in [2.75, 3.05) is 0 Å². The van der Waals surface area contributed by atoms with E-state index in [1.165, 1.54) is 24.2 Å². The Morgan fingerprint density at radius 1 is 1.43 bits per heavy atom. The molecule has 2 aromatic heterocycles. The SMILES string of the molecule is Cc1oc(CNC2CC2)cc1S(=O)(=O)NCc1nccs1. The summed E-state index contributed by atoms with van der Waals surface area (Å²) >= 11 is 1.41. The molecule has 2 N–H and O–H groups in total. The summed E-state index contributed by atoms with van der Waals surface area (Å²) in [5.74, 6) is 1.06. The third-order valence-corrected chi connectivity index (χ3v) is 5.54.